The molecular formula is C14H21NO4. The Labute approximate surface area is 113 Å². The number of amides is 1. The van der Waals surface area contributed by atoms with Crippen LogP contribution < -0.4 is 14.8 Å². The zero-order chi connectivity index (χ0) is 14.4. The maximum absolute atomic E-state index is 11.7. The van der Waals surface area contributed by atoms with E-state index < -0.39 is 0 Å². The predicted octanol–water partition coefficient (Wildman–Crippen LogP) is 2.38. The van der Waals surface area contributed by atoms with E-state index in [0.29, 0.717) is 17.2 Å². The Morgan fingerprint density at radius 3 is 2.32 bits per heavy atom. The lowest BCUT2D eigenvalue weighted by Crippen LogP contribution is -2.21. The third-order valence-corrected chi connectivity index (χ3v) is 2.55. The first kappa shape index (κ1) is 15.3. The van der Waals surface area contributed by atoms with Gasteiger partial charge in [0.05, 0.1) is 20.3 Å². The highest BCUT2D eigenvalue weighted by Gasteiger charge is 2.11. The van der Waals surface area contributed by atoms with Crippen LogP contribution in [0.1, 0.15) is 19.4 Å². The summed E-state index contributed by atoms with van der Waals surface area (Å²) < 4.78 is 15.6. The van der Waals surface area contributed by atoms with Gasteiger partial charge in [0.15, 0.2) is 11.5 Å². The summed E-state index contributed by atoms with van der Waals surface area (Å²) in [6.07, 6.45) is 0.0252. The summed E-state index contributed by atoms with van der Waals surface area (Å²) in [5.41, 5.74) is 1.59. The number of aryl methyl sites for hydroxylation is 1. The third kappa shape index (κ3) is 4.44. The summed E-state index contributed by atoms with van der Waals surface area (Å²) in [5, 5.41) is 2.79. The first-order valence-corrected chi connectivity index (χ1v) is 6.12. The fourth-order valence-electron chi connectivity index (χ4n) is 1.54. The molecule has 0 fully saturated rings. The van der Waals surface area contributed by atoms with Crippen LogP contribution in [0.4, 0.5) is 5.69 Å². The van der Waals surface area contributed by atoms with Crippen LogP contribution in [0.25, 0.3) is 0 Å². The van der Waals surface area contributed by atoms with Crippen LogP contribution in [0, 0.1) is 6.92 Å². The molecule has 5 nitrogen and oxygen atoms in total. The maximum Gasteiger partial charge on any atom is 0.250 e. The molecule has 0 aromatic heterocycles. The molecule has 0 radical (unpaired) electrons. The monoisotopic (exact) mass is 267 g/mol. The van der Waals surface area contributed by atoms with Crippen molar-refractivity contribution in [2.75, 3.05) is 26.1 Å². The molecular weight excluding hydrogens is 246 g/mol. The summed E-state index contributed by atoms with van der Waals surface area (Å²) >= 11 is 0. The van der Waals surface area contributed by atoms with Gasteiger partial charge < -0.3 is 19.5 Å². The van der Waals surface area contributed by atoms with Crippen molar-refractivity contribution in [1.82, 2.24) is 0 Å². The van der Waals surface area contributed by atoms with Crippen molar-refractivity contribution in [1.29, 1.82) is 0 Å². The van der Waals surface area contributed by atoms with E-state index in [-0.39, 0.29) is 18.6 Å². The molecule has 0 spiro atoms. The number of anilines is 1. The van der Waals surface area contributed by atoms with E-state index >= 15 is 0 Å². The molecule has 0 bridgehead atoms. The molecule has 0 saturated heterocycles. The zero-order valence-corrected chi connectivity index (χ0v) is 12.1. The minimum absolute atomic E-state index is 0.0252. The van der Waals surface area contributed by atoms with Crippen molar-refractivity contribution in [3.63, 3.8) is 0 Å². The van der Waals surface area contributed by atoms with Crippen molar-refractivity contribution < 1.29 is 19.0 Å². The number of nitrogens with one attached hydrogen (secondary N) is 1. The third-order valence-electron chi connectivity index (χ3n) is 2.55. The van der Waals surface area contributed by atoms with Crippen molar-refractivity contribution in [2.24, 2.45) is 0 Å². The number of rotatable bonds is 6. The fraction of sp³-hybridized carbons (Fsp3) is 0.500. The van der Waals surface area contributed by atoms with Crippen LogP contribution in [-0.2, 0) is 9.53 Å². The van der Waals surface area contributed by atoms with Crippen molar-refractivity contribution in [3.05, 3.63) is 17.7 Å². The van der Waals surface area contributed by atoms with Crippen molar-refractivity contribution in [2.45, 2.75) is 26.9 Å². The topological polar surface area (TPSA) is 56.8 Å². The average molecular weight is 267 g/mol. The normalized spacial score (nSPS) is 10.4. The lowest BCUT2D eigenvalue weighted by molar-refractivity contribution is -0.121. The van der Waals surface area contributed by atoms with Crippen molar-refractivity contribution in [3.8, 4) is 11.5 Å². The second-order valence-electron chi connectivity index (χ2n) is 4.43. The molecule has 19 heavy (non-hydrogen) atoms. The first-order valence-electron chi connectivity index (χ1n) is 6.12. The smallest absolute Gasteiger partial charge is 0.250 e. The number of hydrogen-bond acceptors (Lipinski definition) is 4. The largest absolute Gasteiger partial charge is 0.493 e. The molecule has 1 aromatic carbocycles. The van der Waals surface area contributed by atoms with E-state index in [9.17, 15) is 4.79 Å². The van der Waals surface area contributed by atoms with Gasteiger partial charge in [0.1, 0.15) is 6.61 Å². The van der Waals surface area contributed by atoms with Gasteiger partial charge in [-0.2, -0.15) is 0 Å². The van der Waals surface area contributed by atoms with Crippen LogP contribution in [0.3, 0.4) is 0 Å². The van der Waals surface area contributed by atoms with Crippen LogP contribution in [0.15, 0.2) is 12.1 Å². The summed E-state index contributed by atoms with van der Waals surface area (Å²) in [5.74, 6) is 1.02. The molecule has 0 aliphatic carbocycles. The number of methoxy groups -OCH3 is 2. The van der Waals surface area contributed by atoms with Crippen LogP contribution in [0.5, 0.6) is 11.5 Å². The van der Waals surface area contributed by atoms with E-state index in [2.05, 4.69) is 5.32 Å². The van der Waals surface area contributed by atoms with Gasteiger partial charge in [0.2, 0.25) is 5.91 Å². The van der Waals surface area contributed by atoms with Gasteiger partial charge in [-0.1, -0.05) is 0 Å². The summed E-state index contributed by atoms with van der Waals surface area (Å²) in [7, 11) is 3.13. The van der Waals surface area contributed by atoms with Gasteiger partial charge in [-0.3, -0.25) is 4.79 Å². The Hall–Kier alpha value is -1.75. The molecule has 0 aliphatic rings. The SMILES string of the molecule is COc1cc(C)c(NC(=O)COC(C)C)cc1OC. The quantitative estimate of drug-likeness (QED) is 0.859. The van der Waals surface area contributed by atoms with Gasteiger partial charge >= 0.3 is 0 Å². The Bertz CT molecular complexity index is 443. The molecule has 1 aromatic rings. The number of carbonyl (C=O) groups is 1. The van der Waals surface area contributed by atoms with Crippen molar-refractivity contribution >= 4 is 11.6 Å². The zero-order valence-electron chi connectivity index (χ0n) is 12.1. The molecule has 1 amide bonds. The maximum atomic E-state index is 11.7. The van der Waals surface area contributed by atoms with Gasteiger partial charge in [0.25, 0.3) is 0 Å². The number of hydrogen-bond donors (Lipinski definition) is 1. The molecule has 0 unspecified atom stereocenters. The Kier molecular flexibility index (Phi) is 5.63. The summed E-state index contributed by atoms with van der Waals surface area (Å²) in [6, 6.07) is 3.55. The van der Waals surface area contributed by atoms with E-state index in [4.69, 9.17) is 14.2 Å². The number of carbonyl (C=O) groups excluding carboxylic acids is 1. The van der Waals surface area contributed by atoms with Crippen LogP contribution in [0.2, 0.25) is 0 Å². The molecule has 1 rings (SSSR count). The van der Waals surface area contributed by atoms with E-state index in [1.165, 1.54) is 0 Å². The average Bonchev–Trinajstić information content (AvgIpc) is 2.38. The lowest BCUT2D eigenvalue weighted by Gasteiger charge is -2.14. The Balaban J connectivity index is 2.80. The van der Waals surface area contributed by atoms with Gasteiger partial charge in [-0.05, 0) is 32.4 Å². The van der Waals surface area contributed by atoms with Gasteiger partial charge in [-0.25, -0.2) is 0 Å². The fourth-order valence-corrected chi connectivity index (χ4v) is 1.54. The molecule has 106 valence electrons. The first-order chi connectivity index (χ1) is 8.97. The molecule has 5 heteroatoms. The molecule has 0 aliphatic heterocycles. The molecule has 0 saturated carbocycles. The lowest BCUT2D eigenvalue weighted by atomic mass is 10.1. The van der Waals surface area contributed by atoms with E-state index in [1.807, 2.05) is 26.8 Å². The van der Waals surface area contributed by atoms with E-state index in [0.717, 1.165) is 5.56 Å². The minimum Gasteiger partial charge on any atom is -0.493 e. The predicted molar refractivity (Wildman–Crippen MR) is 74.0 cm³/mol. The highest BCUT2D eigenvalue weighted by molar-refractivity contribution is 5.92. The van der Waals surface area contributed by atoms with Gasteiger partial charge in [-0.15, -0.1) is 0 Å². The standard InChI is InChI=1S/C14H21NO4/c1-9(2)19-8-14(16)15-11-7-13(18-5)12(17-4)6-10(11)3/h6-7,9H,8H2,1-5H3,(H,15,16). The molecule has 0 heterocycles. The summed E-state index contributed by atoms with van der Waals surface area (Å²) in [6.45, 7) is 5.69. The van der Waals surface area contributed by atoms with Crippen LogP contribution >= 0.6 is 0 Å². The highest BCUT2D eigenvalue weighted by atomic mass is 16.5. The van der Waals surface area contributed by atoms with E-state index in [1.54, 1.807) is 20.3 Å². The number of benzene rings is 1. The number of ether oxygens (including phenoxy) is 3. The highest BCUT2D eigenvalue weighted by Crippen LogP contribution is 2.32. The molecule has 0 atom stereocenters. The minimum atomic E-state index is -0.191. The Morgan fingerprint density at radius 2 is 1.79 bits per heavy atom. The Morgan fingerprint density at radius 1 is 1.21 bits per heavy atom. The second-order valence-corrected chi connectivity index (χ2v) is 4.43. The van der Waals surface area contributed by atoms with Gasteiger partial charge in [0, 0.05) is 11.8 Å². The van der Waals surface area contributed by atoms with Crippen LogP contribution in [-0.4, -0.2) is 32.8 Å². The second kappa shape index (κ2) is 6.99. The molecule has 1 N–H and O–H groups in total. The summed E-state index contributed by atoms with van der Waals surface area (Å²) in [4.78, 5) is 11.7.